The van der Waals surface area contributed by atoms with E-state index in [0.717, 1.165) is 59.1 Å². The summed E-state index contributed by atoms with van der Waals surface area (Å²) in [5, 5.41) is 4.85. The highest BCUT2D eigenvalue weighted by molar-refractivity contribution is 6.30. The molecule has 0 unspecified atom stereocenters. The molecule has 6 nitrogen and oxygen atoms in total. The van der Waals surface area contributed by atoms with Gasteiger partial charge >= 0.3 is 0 Å². The summed E-state index contributed by atoms with van der Waals surface area (Å²) in [7, 11) is 1.67. The van der Waals surface area contributed by atoms with Gasteiger partial charge in [-0.1, -0.05) is 22.8 Å². The molecular weight excluding hydrogens is 455 g/mol. The Hall–Kier alpha value is -3.32. The van der Waals surface area contributed by atoms with Gasteiger partial charge in [0.15, 0.2) is 5.84 Å². The Kier molecular flexibility index (Phi) is 6.28. The van der Waals surface area contributed by atoms with E-state index in [4.69, 9.17) is 21.2 Å². The highest BCUT2D eigenvalue weighted by atomic mass is 35.5. The van der Waals surface area contributed by atoms with Crippen molar-refractivity contribution in [2.75, 3.05) is 20.3 Å². The quantitative estimate of drug-likeness (QED) is 0.464. The molecule has 0 aliphatic carbocycles. The molecule has 0 N–H and O–H groups in total. The molecule has 2 aromatic carbocycles. The van der Waals surface area contributed by atoms with E-state index >= 15 is 0 Å². The second-order valence-electron chi connectivity index (χ2n) is 8.58. The molecule has 5 rings (SSSR count). The van der Waals surface area contributed by atoms with Gasteiger partial charge in [0.2, 0.25) is 0 Å². The van der Waals surface area contributed by atoms with Crippen molar-refractivity contribution in [3.8, 4) is 11.4 Å². The Bertz CT molecular complexity index is 1250. The Morgan fingerprint density at radius 3 is 2.88 bits per heavy atom. The minimum absolute atomic E-state index is 0.0560. The molecule has 0 amide bonds. The summed E-state index contributed by atoms with van der Waals surface area (Å²) in [4.78, 5) is 12.1. The van der Waals surface area contributed by atoms with Crippen molar-refractivity contribution >= 4 is 23.5 Å². The number of nitrogens with zero attached hydrogens (tertiary/aromatic N) is 4. The Balaban J connectivity index is 1.48. The smallest absolute Gasteiger partial charge is 0.171 e. The van der Waals surface area contributed by atoms with Crippen LogP contribution in [-0.2, 0) is 4.84 Å². The summed E-state index contributed by atoms with van der Waals surface area (Å²) >= 11 is 6.16. The molecule has 1 atom stereocenters. The molecule has 0 bridgehead atoms. The molecule has 1 aromatic heterocycles. The number of benzene rings is 2. The number of rotatable bonds is 4. The van der Waals surface area contributed by atoms with Crippen LogP contribution in [0.25, 0.3) is 11.8 Å². The van der Waals surface area contributed by atoms with Crippen molar-refractivity contribution in [3.05, 3.63) is 82.2 Å². The maximum atomic E-state index is 14.1. The van der Waals surface area contributed by atoms with Crippen LogP contribution < -0.4 is 4.74 Å². The van der Waals surface area contributed by atoms with Crippen LogP contribution in [0.1, 0.15) is 42.1 Å². The van der Waals surface area contributed by atoms with E-state index in [2.05, 4.69) is 27.2 Å². The molecular formula is C26H26ClFN4O2. The van der Waals surface area contributed by atoms with Crippen molar-refractivity contribution in [2.24, 2.45) is 5.16 Å². The number of aromatic nitrogens is 2. The number of ether oxygens (including phenoxy) is 1. The minimum Gasteiger partial charge on any atom is -0.495 e. The molecule has 3 aromatic rings. The van der Waals surface area contributed by atoms with Gasteiger partial charge in [-0.25, -0.2) is 9.37 Å². The van der Waals surface area contributed by atoms with Gasteiger partial charge in [0, 0.05) is 24.2 Å². The van der Waals surface area contributed by atoms with Gasteiger partial charge in [-0.3, -0.25) is 0 Å². The van der Waals surface area contributed by atoms with Crippen LogP contribution in [0.15, 0.2) is 59.7 Å². The third-order valence-corrected chi connectivity index (χ3v) is 6.44. The van der Waals surface area contributed by atoms with Gasteiger partial charge < -0.3 is 19.0 Å². The van der Waals surface area contributed by atoms with Gasteiger partial charge in [-0.05, 0) is 72.9 Å². The largest absolute Gasteiger partial charge is 0.495 e. The average molecular weight is 481 g/mol. The van der Waals surface area contributed by atoms with Crippen molar-refractivity contribution in [2.45, 2.75) is 32.2 Å². The number of methoxy groups -OCH3 is 1. The predicted octanol–water partition coefficient (Wildman–Crippen LogP) is 5.94. The van der Waals surface area contributed by atoms with Gasteiger partial charge in [0.05, 0.1) is 30.9 Å². The number of amidine groups is 1. The first-order chi connectivity index (χ1) is 16.5. The zero-order valence-corrected chi connectivity index (χ0v) is 19.9. The highest BCUT2D eigenvalue weighted by Gasteiger charge is 2.31. The van der Waals surface area contributed by atoms with Crippen LogP contribution in [0.4, 0.5) is 4.39 Å². The molecule has 3 heterocycles. The van der Waals surface area contributed by atoms with E-state index in [9.17, 15) is 4.39 Å². The number of halogens is 2. The first-order valence-electron chi connectivity index (χ1n) is 11.3. The first kappa shape index (κ1) is 22.5. The Labute approximate surface area is 203 Å². The second-order valence-corrected chi connectivity index (χ2v) is 9.01. The molecule has 1 saturated heterocycles. The summed E-state index contributed by atoms with van der Waals surface area (Å²) in [6, 6.07) is 10.8. The molecule has 1 fully saturated rings. The van der Waals surface area contributed by atoms with E-state index in [0.29, 0.717) is 18.1 Å². The molecule has 0 spiro atoms. The van der Waals surface area contributed by atoms with E-state index in [1.165, 1.54) is 6.07 Å². The van der Waals surface area contributed by atoms with Gasteiger partial charge in [-0.2, -0.15) is 0 Å². The molecule has 2 aliphatic heterocycles. The van der Waals surface area contributed by atoms with Gasteiger partial charge in [0.1, 0.15) is 18.2 Å². The van der Waals surface area contributed by atoms with Crippen molar-refractivity contribution in [3.63, 3.8) is 0 Å². The van der Waals surface area contributed by atoms with Crippen LogP contribution >= 0.6 is 11.6 Å². The summed E-state index contributed by atoms with van der Waals surface area (Å²) in [6.45, 7) is 3.23. The SMILES string of the molecule is COc1cc(/C=C2\CCCN3C2=NOCC[C@H]3c2cc(F)cc(Cl)c2)ccc1-n1cnc(C)c1. The predicted molar refractivity (Wildman–Crippen MR) is 131 cm³/mol. The van der Waals surface area contributed by atoms with Gasteiger partial charge in [-0.15, -0.1) is 0 Å². The van der Waals surface area contributed by atoms with Crippen LogP contribution in [0.2, 0.25) is 5.02 Å². The number of piperidine rings is 1. The maximum absolute atomic E-state index is 14.1. The Morgan fingerprint density at radius 2 is 2.12 bits per heavy atom. The van der Waals surface area contributed by atoms with Crippen LogP contribution in [0.3, 0.4) is 0 Å². The van der Waals surface area contributed by atoms with E-state index < -0.39 is 0 Å². The summed E-state index contributed by atoms with van der Waals surface area (Å²) in [5.41, 5.74) is 4.79. The topological polar surface area (TPSA) is 51.9 Å². The number of hydrogen-bond donors (Lipinski definition) is 0. The van der Waals surface area contributed by atoms with Crippen molar-refractivity contribution < 1.29 is 14.0 Å². The van der Waals surface area contributed by atoms with E-state index in [-0.39, 0.29) is 11.9 Å². The third-order valence-electron chi connectivity index (χ3n) is 6.22. The number of hydrogen-bond acceptors (Lipinski definition) is 5. The number of imidazole rings is 1. The van der Waals surface area contributed by atoms with E-state index in [1.54, 1.807) is 19.5 Å². The second kappa shape index (κ2) is 9.50. The number of aryl methyl sites for hydroxylation is 1. The fraction of sp³-hybridized carbons (Fsp3) is 0.308. The molecule has 2 aliphatic rings. The van der Waals surface area contributed by atoms with Crippen LogP contribution in [0.5, 0.6) is 5.75 Å². The first-order valence-corrected chi connectivity index (χ1v) is 11.7. The van der Waals surface area contributed by atoms with Crippen LogP contribution in [-0.4, -0.2) is 40.5 Å². The van der Waals surface area contributed by atoms with Crippen molar-refractivity contribution in [1.82, 2.24) is 14.5 Å². The number of oxime groups is 1. The molecule has 0 saturated carbocycles. The summed E-state index contributed by atoms with van der Waals surface area (Å²) in [6.07, 6.45) is 8.41. The Morgan fingerprint density at radius 1 is 1.24 bits per heavy atom. The lowest BCUT2D eigenvalue weighted by molar-refractivity contribution is 0.140. The molecule has 8 heteroatoms. The zero-order valence-electron chi connectivity index (χ0n) is 19.2. The van der Waals surface area contributed by atoms with Crippen LogP contribution in [0, 0.1) is 12.7 Å². The third kappa shape index (κ3) is 4.53. The van der Waals surface area contributed by atoms with Crippen molar-refractivity contribution in [1.29, 1.82) is 0 Å². The zero-order chi connectivity index (χ0) is 23.7. The van der Waals surface area contributed by atoms with Gasteiger partial charge in [0.25, 0.3) is 0 Å². The lowest BCUT2D eigenvalue weighted by atomic mass is 9.95. The normalized spacial score (nSPS) is 19.3. The highest BCUT2D eigenvalue weighted by Crippen LogP contribution is 2.35. The lowest BCUT2D eigenvalue weighted by Crippen LogP contribution is -2.39. The molecule has 34 heavy (non-hydrogen) atoms. The number of fused-ring (bicyclic) bond motifs is 1. The lowest BCUT2D eigenvalue weighted by Gasteiger charge is -2.36. The minimum atomic E-state index is -0.334. The monoisotopic (exact) mass is 480 g/mol. The molecule has 0 radical (unpaired) electrons. The summed E-state index contributed by atoms with van der Waals surface area (Å²) < 4.78 is 21.7. The fourth-order valence-electron chi connectivity index (χ4n) is 4.69. The standard InChI is InChI=1S/C26H26ClFN4O2/c1-17-15-31(16-29-17)24-6-5-18(11-25(24)33-2)10-19-4-3-8-32-23(7-9-34-30-26(19)32)20-12-21(27)14-22(28)13-20/h5-6,10-16,23H,3-4,7-9H2,1-2H3/b19-10+/t23-/m0/s1. The fourth-order valence-corrected chi connectivity index (χ4v) is 4.92. The van der Waals surface area contributed by atoms with E-state index in [1.807, 2.05) is 35.9 Å². The molecule has 176 valence electrons. The summed E-state index contributed by atoms with van der Waals surface area (Å²) in [5.74, 6) is 1.22. The maximum Gasteiger partial charge on any atom is 0.171 e. The average Bonchev–Trinajstić information content (AvgIpc) is 3.12.